The summed E-state index contributed by atoms with van der Waals surface area (Å²) in [6.45, 7) is 6.94. The smallest absolute Gasteiger partial charge is 0.348 e. The number of methoxy groups -OCH3 is 1. The van der Waals surface area contributed by atoms with Crippen LogP contribution in [0.25, 0.3) is 0 Å². The second-order valence-electron chi connectivity index (χ2n) is 6.86. The first-order valence-corrected chi connectivity index (χ1v) is 8.10. The molecular weight excluding hydrogens is 272 g/mol. The Balaban J connectivity index is 1.75. The Hall–Kier alpha value is -1.03. The van der Waals surface area contributed by atoms with E-state index in [9.17, 15) is 4.79 Å². The van der Waals surface area contributed by atoms with Gasteiger partial charge in [0.1, 0.15) is 16.7 Å². The van der Waals surface area contributed by atoms with Crippen molar-refractivity contribution >= 4 is 17.3 Å². The molecule has 3 unspecified atom stereocenters. The first-order chi connectivity index (χ1) is 9.38. The van der Waals surface area contributed by atoms with Gasteiger partial charge in [0.15, 0.2) is 0 Å². The summed E-state index contributed by atoms with van der Waals surface area (Å²) in [5.41, 5.74) is 0.389. The van der Waals surface area contributed by atoms with Gasteiger partial charge in [-0.25, -0.2) is 4.79 Å². The molecule has 1 aromatic rings. The molecule has 0 aromatic carbocycles. The fourth-order valence-corrected chi connectivity index (χ4v) is 4.76. The van der Waals surface area contributed by atoms with Crippen molar-refractivity contribution in [2.45, 2.75) is 46.1 Å². The summed E-state index contributed by atoms with van der Waals surface area (Å²) >= 11 is 1.38. The lowest BCUT2D eigenvalue weighted by molar-refractivity contribution is -0.0238. The van der Waals surface area contributed by atoms with Crippen LogP contribution in [0.15, 0.2) is 11.4 Å². The maximum atomic E-state index is 12.3. The second kappa shape index (κ2) is 4.48. The van der Waals surface area contributed by atoms with Gasteiger partial charge >= 0.3 is 5.97 Å². The Morgan fingerprint density at radius 3 is 2.65 bits per heavy atom. The lowest BCUT2D eigenvalue weighted by Gasteiger charge is -2.38. The minimum Gasteiger partial charge on any atom is -0.496 e. The molecule has 4 heteroatoms. The predicted octanol–water partition coefficient (Wildman–Crippen LogP) is 4.13. The van der Waals surface area contributed by atoms with Gasteiger partial charge in [-0.05, 0) is 30.6 Å². The Labute approximate surface area is 124 Å². The largest absolute Gasteiger partial charge is 0.496 e. The lowest BCUT2D eigenvalue weighted by Crippen LogP contribution is -2.38. The van der Waals surface area contributed by atoms with E-state index in [4.69, 9.17) is 9.47 Å². The van der Waals surface area contributed by atoms with Gasteiger partial charge in [-0.2, -0.15) is 0 Å². The molecule has 2 aliphatic carbocycles. The number of esters is 1. The number of thiophene rings is 1. The molecule has 1 aromatic heterocycles. The van der Waals surface area contributed by atoms with Crippen LogP contribution in [0.3, 0.4) is 0 Å². The standard InChI is InChI=1S/C16H22O3S/c1-15(2)10-5-6-16(15,3)13(7-10)19-14(17)12-8-11(18-4)9-20-12/h8-10,13H,5-7H2,1-4H3. The number of rotatable bonds is 3. The van der Waals surface area contributed by atoms with Crippen LogP contribution < -0.4 is 4.74 Å². The molecule has 110 valence electrons. The number of carbonyl (C=O) groups is 1. The van der Waals surface area contributed by atoms with Gasteiger partial charge in [0.2, 0.25) is 0 Å². The van der Waals surface area contributed by atoms with Crippen molar-refractivity contribution in [3.05, 3.63) is 16.3 Å². The van der Waals surface area contributed by atoms with Crippen molar-refractivity contribution in [1.29, 1.82) is 0 Å². The normalized spacial score (nSPS) is 34.2. The maximum Gasteiger partial charge on any atom is 0.348 e. The van der Waals surface area contributed by atoms with Gasteiger partial charge in [-0.3, -0.25) is 0 Å². The van der Waals surface area contributed by atoms with Crippen LogP contribution in [0, 0.1) is 16.7 Å². The molecule has 1 heterocycles. The molecule has 0 N–H and O–H groups in total. The van der Waals surface area contributed by atoms with Crippen LogP contribution in [0.5, 0.6) is 5.75 Å². The maximum absolute atomic E-state index is 12.3. The third-order valence-electron chi connectivity index (χ3n) is 5.98. The highest BCUT2D eigenvalue weighted by atomic mass is 32.1. The molecule has 2 fully saturated rings. The van der Waals surface area contributed by atoms with Crippen molar-refractivity contribution in [1.82, 2.24) is 0 Å². The fourth-order valence-electron chi connectivity index (χ4n) is 4.03. The molecule has 3 rings (SSSR count). The SMILES string of the molecule is COc1csc(C(=O)OC2CC3CCC2(C)C3(C)C)c1. The van der Waals surface area contributed by atoms with E-state index in [1.807, 2.05) is 5.38 Å². The van der Waals surface area contributed by atoms with E-state index in [0.29, 0.717) is 10.8 Å². The molecule has 0 aliphatic heterocycles. The summed E-state index contributed by atoms with van der Waals surface area (Å²) in [6.07, 6.45) is 3.50. The molecule has 0 radical (unpaired) electrons. The van der Waals surface area contributed by atoms with Gasteiger partial charge in [0.25, 0.3) is 0 Å². The van der Waals surface area contributed by atoms with Crippen LogP contribution in [-0.4, -0.2) is 19.2 Å². The molecule has 3 nitrogen and oxygen atoms in total. The highest BCUT2D eigenvalue weighted by molar-refractivity contribution is 7.12. The summed E-state index contributed by atoms with van der Waals surface area (Å²) in [5, 5.41) is 1.84. The Morgan fingerprint density at radius 2 is 2.15 bits per heavy atom. The average Bonchev–Trinajstić information content (AvgIpc) is 3.01. The Kier molecular flexibility index (Phi) is 3.12. The zero-order chi connectivity index (χ0) is 14.5. The van der Waals surface area contributed by atoms with Crippen LogP contribution in [0.2, 0.25) is 0 Å². The zero-order valence-corrected chi connectivity index (χ0v) is 13.4. The number of hydrogen-bond donors (Lipinski definition) is 0. The molecule has 0 spiro atoms. The quantitative estimate of drug-likeness (QED) is 0.786. The summed E-state index contributed by atoms with van der Waals surface area (Å²) in [7, 11) is 1.61. The summed E-state index contributed by atoms with van der Waals surface area (Å²) < 4.78 is 11.0. The topological polar surface area (TPSA) is 35.5 Å². The second-order valence-corrected chi connectivity index (χ2v) is 7.77. The van der Waals surface area contributed by atoms with Gasteiger partial charge in [-0.1, -0.05) is 20.8 Å². The van der Waals surface area contributed by atoms with Gasteiger partial charge < -0.3 is 9.47 Å². The van der Waals surface area contributed by atoms with E-state index < -0.39 is 0 Å². The minimum absolute atomic E-state index is 0.0526. The highest BCUT2D eigenvalue weighted by Crippen LogP contribution is 2.66. The zero-order valence-electron chi connectivity index (χ0n) is 12.6. The molecule has 3 atom stereocenters. The number of fused-ring (bicyclic) bond motifs is 2. The first-order valence-electron chi connectivity index (χ1n) is 7.22. The van der Waals surface area contributed by atoms with Crippen molar-refractivity contribution < 1.29 is 14.3 Å². The molecule has 2 bridgehead atoms. The van der Waals surface area contributed by atoms with Crippen molar-refractivity contribution in [3.8, 4) is 5.75 Å². The molecule has 0 amide bonds. The molecule has 2 saturated carbocycles. The molecular formula is C16H22O3S. The highest BCUT2D eigenvalue weighted by Gasteiger charge is 2.62. The Morgan fingerprint density at radius 1 is 1.40 bits per heavy atom. The van der Waals surface area contributed by atoms with E-state index in [2.05, 4.69) is 20.8 Å². The van der Waals surface area contributed by atoms with E-state index in [1.54, 1.807) is 13.2 Å². The minimum atomic E-state index is -0.201. The third-order valence-corrected chi connectivity index (χ3v) is 6.86. The summed E-state index contributed by atoms with van der Waals surface area (Å²) in [6, 6.07) is 1.76. The van der Waals surface area contributed by atoms with Crippen molar-refractivity contribution in [2.24, 2.45) is 16.7 Å². The number of hydrogen-bond acceptors (Lipinski definition) is 4. The number of carbonyl (C=O) groups excluding carboxylic acids is 1. The molecule has 2 aliphatic rings. The van der Waals surface area contributed by atoms with Crippen molar-refractivity contribution in [3.63, 3.8) is 0 Å². The van der Waals surface area contributed by atoms with Crippen LogP contribution in [-0.2, 0) is 4.74 Å². The molecule has 20 heavy (non-hydrogen) atoms. The molecule has 0 saturated heterocycles. The Bertz CT molecular complexity index is 534. The van der Waals surface area contributed by atoms with E-state index in [1.165, 1.54) is 17.8 Å². The first kappa shape index (κ1) is 13.9. The predicted molar refractivity (Wildman–Crippen MR) is 79.3 cm³/mol. The van der Waals surface area contributed by atoms with Gasteiger partial charge in [-0.15, -0.1) is 11.3 Å². The third kappa shape index (κ3) is 1.80. The van der Waals surface area contributed by atoms with Crippen LogP contribution >= 0.6 is 11.3 Å². The van der Waals surface area contributed by atoms with Crippen LogP contribution in [0.4, 0.5) is 0 Å². The number of ether oxygens (including phenoxy) is 2. The van der Waals surface area contributed by atoms with Crippen LogP contribution in [0.1, 0.15) is 49.7 Å². The fraction of sp³-hybridized carbons (Fsp3) is 0.688. The van der Waals surface area contributed by atoms with E-state index in [0.717, 1.165) is 18.6 Å². The lowest BCUT2D eigenvalue weighted by atomic mass is 9.70. The van der Waals surface area contributed by atoms with Gasteiger partial charge in [0, 0.05) is 16.9 Å². The van der Waals surface area contributed by atoms with Crippen molar-refractivity contribution in [2.75, 3.05) is 7.11 Å². The summed E-state index contributed by atoms with van der Waals surface area (Å²) in [4.78, 5) is 12.9. The summed E-state index contributed by atoms with van der Waals surface area (Å²) in [5.74, 6) is 1.21. The average molecular weight is 294 g/mol. The van der Waals surface area contributed by atoms with E-state index in [-0.39, 0.29) is 22.9 Å². The van der Waals surface area contributed by atoms with Gasteiger partial charge in [0.05, 0.1) is 7.11 Å². The monoisotopic (exact) mass is 294 g/mol. The van der Waals surface area contributed by atoms with E-state index >= 15 is 0 Å².